The maximum atomic E-state index is 9.61. The van der Waals surface area contributed by atoms with E-state index in [-0.39, 0.29) is 12.3 Å². The number of hydrogen-bond donors (Lipinski definition) is 2. The molecule has 2 heterocycles. The van der Waals surface area contributed by atoms with Gasteiger partial charge in [0.25, 0.3) is 0 Å². The first kappa shape index (κ1) is 16.9. The molecule has 6 heteroatoms. The summed E-state index contributed by atoms with van der Waals surface area (Å²) in [6, 6.07) is 10.7. The average molecular weight is 352 g/mol. The number of nitriles is 1. The van der Waals surface area contributed by atoms with E-state index in [1.807, 2.05) is 31.2 Å². The molecule has 6 nitrogen and oxygen atoms in total. The molecule has 1 aromatic rings. The van der Waals surface area contributed by atoms with Crippen LogP contribution in [0.15, 0.2) is 40.7 Å². The number of para-hydroxylation sites is 1. The lowest BCUT2D eigenvalue weighted by molar-refractivity contribution is 0.337. The summed E-state index contributed by atoms with van der Waals surface area (Å²) in [5.74, 6) is 2.43. The van der Waals surface area contributed by atoms with Crippen molar-refractivity contribution in [3.8, 4) is 11.8 Å². The number of ether oxygens (including phenoxy) is 2. The Morgan fingerprint density at radius 3 is 2.92 bits per heavy atom. The number of amidine groups is 1. The van der Waals surface area contributed by atoms with E-state index in [2.05, 4.69) is 21.7 Å². The molecule has 3 aliphatic rings. The fraction of sp³-hybridized carbons (Fsp3) is 0.500. The van der Waals surface area contributed by atoms with Crippen molar-refractivity contribution >= 4 is 5.84 Å². The quantitative estimate of drug-likeness (QED) is 0.769. The normalized spacial score (nSPS) is 24.8. The van der Waals surface area contributed by atoms with Crippen molar-refractivity contribution in [2.24, 2.45) is 4.99 Å². The molecule has 26 heavy (non-hydrogen) atoms. The fourth-order valence-electron chi connectivity index (χ4n) is 3.68. The van der Waals surface area contributed by atoms with Gasteiger partial charge in [-0.1, -0.05) is 31.0 Å². The molecule has 1 aromatic carbocycles. The highest BCUT2D eigenvalue weighted by molar-refractivity contribution is 5.87. The van der Waals surface area contributed by atoms with E-state index in [9.17, 15) is 5.26 Å². The molecule has 0 amide bonds. The largest absolute Gasteiger partial charge is 0.494 e. The number of rotatable bonds is 6. The van der Waals surface area contributed by atoms with E-state index in [1.165, 1.54) is 12.8 Å². The highest BCUT2D eigenvalue weighted by Gasteiger charge is 2.46. The molecule has 2 N–H and O–H groups in total. The minimum absolute atomic E-state index is 0.226. The van der Waals surface area contributed by atoms with Crippen molar-refractivity contribution in [3.63, 3.8) is 0 Å². The van der Waals surface area contributed by atoms with Gasteiger partial charge < -0.3 is 20.1 Å². The molecule has 2 aliphatic heterocycles. The van der Waals surface area contributed by atoms with Gasteiger partial charge in [0.05, 0.1) is 6.61 Å². The second-order valence-electron chi connectivity index (χ2n) is 6.89. The van der Waals surface area contributed by atoms with Crippen molar-refractivity contribution in [1.29, 1.82) is 5.26 Å². The van der Waals surface area contributed by atoms with Crippen molar-refractivity contribution < 1.29 is 9.47 Å². The van der Waals surface area contributed by atoms with Crippen LogP contribution in [0.4, 0.5) is 0 Å². The average Bonchev–Trinajstić information content (AvgIpc) is 3.21. The molecular formula is C20H24N4O2. The summed E-state index contributed by atoms with van der Waals surface area (Å²) >= 11 is 0. The molecule has 1 aliphatic carbocycles. The molecule has 0 spiro atoms. The third-order valence-electron chi connectivity index (χ3n) is 5.03. The summed E-state index contributed by atoms with van der Waals surface area (Å²) in [5, 5.41) is 16.5. The lowest BCUT2D eigenvalue weighted by Crippen LogP contribution is -2.38. The van der Waals surface area contributed by atoms with Crippen molar-refractivity contribution in [2.75, 3.05) is 6.61 Å². The summed E-state index contributed by atoms with van der Waals surface area (Å²) < 4.78 is 11.4. The maximum absolute atomic E-state index is 9.61. The number of epoxide rings is 1. The number of fused-ring (bicyclic) bond motifs is 1. The minimum Gasteiger partial charge on any atom is -0.494 e. The minimum atomic E-state index is -0.255. The van der Waals surface area contributed by atoms with Crippen LogP contribution in [0.3, 0.4) is 0 Å². The molecule has 136 valence electrons. The SMILES string of the molecule is CCOc1ccccc1CC1=NC2OC2C(C#N)=C(NC2CCCC2)N1. The van der Waals surface area contributed by atoms with Gasteiger partial charge >= 0.3 is 0 Å². The third-order valence-corrected chi connectivity index (χ3v) is 5.03. The third kappa shape index (κ3) is 3.54. The van der Waals surface area contributed by atoms with Crippen LogP contribution in [0, 0.1) is 11.3 Å². The molecule has 1 saturated heterocycles. The summed E-state index contributed by atoms with van der Waals surface area (Å²) in [4.78, 5) is 4.66. The van der Waals surface area contributed by atoms with Crippen LogP contribution >= 0.6 is 0 Å². The zero-order valence-electron chi connectivity index (χ0n) is 15.0. The topological polar surface area (TPSA) is 82.0 Å². The molecule has 2 unspecified atom stereocenters. The second-order valence-corrected chi connectivity index (χ2v) is 6.89. The number of hydrogen-bond acceptors (Lipinski definition) is 6. The maximum Gasteiger partial charge on any atom is 0.182 e. The first-order valence-electron chi connectivity index (χ1n) is 9.39. The standard InChI is InChI=1S/C20H24N4O2/c1-2-25-16-10-6-3-7-13(16)11-17-23-19(22-14-8-4-5-9-14)15(12-21)18-20(24-17)26-18/h3,6-7,10,14,18,20,22H,2,4-5,8-9,11H2,1H3,(H,23,24). The van der Waals surface area contributed by atoms with Crippen LogP contribution in [0.1, 0.15) is 38.2 Å². The fourth-order valence-corrected chi connectivity index (χ4v) is 3.68. The van der Waals surface area contributed by atoms with Crippen LogP contribution in [-0.4, -0.2) is 30.8 Å². The Labute approximate surface area is 153 Å². The van der Waals surface area contributed by atoms with Gasteiger partial charge in [-0.15, -0.1) is 0 Å². The van der Waals surface area contributed by atoms with Crippen molar-refractivity contribution in [1.82, 2.24) is 10.6 Å². The molecular weight excluding hydrogens is 328 g/mol. The Balaban J connectivity index is 1.56. The van der Waals surface area contributed by atoms with Gasteiger partial charge in [-0.05, 0) is 25.8 Å². The highest BCUT2D eigenvalue weighted by atomic mass is 16.6. The Morgan fingerprint density at radius 2 is 2.15 bits per heavy atom. The molecule has 0 aromatic heterocycles. The number of benzene rings is 1. The van der Waals surface area contributed by atoms with Crippen LogP contribution < -0.4 is 15.4 Å². The van der Waals surface area contributed by atoms with Crippen LogP contribution in [-0.2, 0) is 11.2 Å². The zero-order valence-corrected chi connectivity index (χ0v) is 15.0. The van der Waals surface area contributed by atoms with E-state index in [1.54, 1.807) is 0 Å². The zero-order chi connectivity index (χ0) is 17.9. The lowest BCUT2D eigenvalue weighted by atomic mass is 10.1. The van der Waals surface area contributed by atoms with Gasteiger partial charge in [-0.2, -0.15) is 5.26 Å². The van der Waals surface area contributed by atoms with E-state index in [4.69, 9.17) is 9.47 Å². The number of aliphatic imine (C=N–C) groups is 1. The summed E-state index contributed by atoms with van der Waals surface area (Å²) in [5.41, 5.74) is 1.69. The van der Waals surface area contributed by atoms with Gasteiger partial charge in [0.2, 0.25) is 0 Å². The lowest BCUT2D eigenvalue weighted by Gasteiger charge is -2.20. The van der Waals surface area contributed by atoms with E-state index in [0.717, 1.165) is 35.8 Å². The van der Waals surface area contributed by atoms with Crippen LogP contribution in [0.2, 0.25) is 0 Å². The van der Waals surface area contributed by atoms with Gasteiger partial charge in [0.15, 0.2) is 6.23 Å². The Hall–Kier alpha value is -2.52. The van der Waals surface area contributed by atoms with E-state index < -0.39 is 0 Å². The Morgan fingerprint density at radius 1 is 1.35 bits per heavy atom. The van der Waals surface area contributed by atoms with Crippen molar-refractivity contribution in [3.05, 3.63) is 41.2 Å². The van der Waals surface area contributed by atoms with Crippen LogP contribution in [0.5, 0.6) is 5.75 Å². The van der Waals surface area contributed by atoms with Crippen molar-refractivity contribution in [2.45, 2.75) is 57.4 Å². The predicted molar refractivity (Wildman–Crippen MR) is 98.6 cm³/mol. The first-order chi connectivity index (χ1) is 12.8. The molecule has 2 fully saturated rings. The Kier molecular flexibility index (Phi) is 4.81. The van der Waals surface area contributed by atoms with Gasteiger partial charge in [0, 0.05) is 18.0 Å². The van der Waals surface area contributed by atoms with E-state index >= 15 is 0 Å². The second kappa shape index (κ2) is 7.38. The summed E-state index contributed by atoms with van der Waals surface area (Å²) in [6.07, 6.45) is 4.87. The van der Waals surface area contributed by atoms with Gasteiger partial charge in [0.1, 0.15) is 35.2 Å². The molecule has 0 radical (unpaired) electrons. The van der Waals surface area contributed by atoms with Crippen LogP contribution in [0.25, 0.3) is 0 Å². The monoisotopic (exact) mass is 352 g/mol. The summed E-state index contributed by atoms with van der Waals surface area (Å²) in [6.45, 7) is 2.60. The van der Waals surface area contributed by atoms with E-state index in [0.29, 0.717) is 24.6 Å². The molecule has 4 rings (SSSR count). The van der Waals surface area contributed by atoms with Gasteiger partial charge in [-0.3, -0.25) is 0 Å². The number of nitrogens with one attached hydrogen (secondary N) is 2. The first-order valence-corrected chi connectivity index (χ1v) is 9.39. The van der Waals surface area contributed by atoms with Gasteiger partial charge in [-0.25, -0.2) is 4.99 Å². The molecule has 2 atom stereocenters. The predicted octanol–water partition coefficient (Wildman–Crippen LogP) is 2.62. The highest BCUT2D eigenvalue weighted by Crippen LogP contribution is 2.34. The summed E-state index contributed by atoms with van der Waals surface area (Å²) in [7, 11) is 0. The molecule has 1 saturated carbocycles. The smallest absolute Gasteiger partial charge is 0.182 e. The Bertz CT molecular complexity index is 774. The molecule has 0 bridgehead atoms. The number of nitrogens with zero attached hydrogens (tertiary/aromatic N) is 2.